The summed E-state index contributed by atoms with van der Waals surface area (Å²) in [7, 11) is 1.81. The Morgan fingerprint density at radius 3 is 2.54 bits per heavy atom. The van der Waals surface area contributed by atoms with E-state index in [1.165, 1.54) is 6.20 Å². The first-order chi connectivity index (χ1) is 18.1. The monoisotopic (exact) mass is 487 g/mol. The van der Waals surface area contributed by atoms with E-state index in [1.807, 2.05) is 66.7 Å². The number of hydrogen-bond donors (Lipinski definition) is 2. The van der Waals surface area contributed by atoms with Crippen molar-refractivity contribution < 1.29 is 4.79 Å². The van der Waals surface area contributed by atoms with Gasteiger partial charge in [0.1, 0.15) is 17.7 Å². The first-order valence-electron chi connectivity index (χ1n) is 11.5. The van der Waals surface area contributed by atoms with Gasteiger partial charge in [0.25, 0.3) is 5.91 Å². The van der Waals surface area contributed by atoms with Crippen molar-refractivity contribution in [3.63, 3.8) is 0 Å². The van der Waals surface area contributed by atoms with Crippen LogP contribution in [0.15, 0.2) is 97.7 Å². The van der Waals surface area contributed by atoms with Crippen molar-refractivity contribution in [2.45, 2.75) is 0 Å². The van der Waals surface area contributed by atoms with E-state index in [0.29, 0.717) is 28.5 Å². The van der Waals surface area contributed by atoms with Crippen LogP contribution in [0.2, 0.25) is 0 Å². The largest absolute Gasteiger partial charge is 0.340 e. The summed E-state index contributed by atoms with van der Waals surface area (Å²) in [6.07, 6.45) is 6.67. The fourth-order valence-corrected chi connectivity index (χ4v) is 3.94. The minimum absolute atomic E-state index is 0.317. The summed E-state index contributed by atoms with van der Waals surface area (Å²) in [4.78, 5) is 26.5. The van der Waals surface area contributed by atoms with Crippen LogP contribution in [0.25, 0.3) is 28.3 Å². The SMILES string of the molecule is Cn1cnc(-c2cccc(NC(=O)c3cnn4ccc(Nc5cccc(-c6ccccn6)c5)nc34)c2)n1. The van der Waals surface area contributed by atoms with Gasteiger partial charge in [-0.15, -0.1) is 0 Å². The summed E-state index contributed by atoms with van der Waals surface area (Å²) in [5, 5.41) is 14.8. The number of carbonyl (C=O) groups is 1. The van der Waals surface area contributed by atoms with E-state index in [9.17, 15) is 4.79 Å². The zero-order valence-electron chi connectivity index (χ0n) is 19.8. The van der Waals surface area contributed by atoms with Gasteiger partial charge in [0.15, 0.2) is 11.5 Å². The average molecular weight is 488 g/mol. The highest BCUT2D eigenvalue weighted by molar-refractivity contribution is 6.08. The summed E-state index contributed by atoms with van der Waals surface area (Å²) in [5.41, 5.74) is 4.93. The highest BCUT2D eigenvalue weighted by Gasteiger charge is 2.16. The lowest BCUT2D eigenvalue weighted by molar-refractivity contribution is 0.102. The molecule has 10 nitrogen and oxygen atoms in total. The Hall–Kier alpha value is -5.38. The predicted octanol–water partition coefficient (Wildman–Crippen LogP) is 4.58. The maximum absolute atomic E-state index is 13.1. The molecule has 0 aliphatic rings. The number of carbonyl (C=O) groups excluding carboxylic acids is 1. The van der Waals surface area contributed by atoms with Gasteiger partial charge in [-0.25, -0.2) is 14.5 Å². The minimum Gasteiger partial charge on any atom is -0.340 e. The maximum Gasteiger partial charge on any atom is 0.261 e. The van der Waals surface area contributed by atoms with Crippen molar-refractivity contribution in [1.29, 1.82) is 0 Å². The number of aromatic nitrogens is 7. The van der Waals surface area contributed by atoms with Gasteiger partial charge >= 0.3 is 0 Å². The number of benzene rings is 2. The number of hydrogen-bond acceptors (Lipinski definition) is 7. The molecule has 180 valence electrons. The Morgan fingerprint density at radius 1 is 0.892 bits per heavy atom. The Bertz CT molecular complexity index is 1720. The normalized spacial score (nSPS) is 10.9. The van der Waals surface area contributed by atoms with Crippen molar-refractivity contribution >= 4 is 28.7 Å². The molecule has 2 aromatic carbocycles. The second kappa shape index (κ2) is 9.34. The van der Waals surface area contributed by atoms with Crippen molar-refractivity contribution in [2.75, 3.05) is 10.6 Å². The Balaban J connectivity index is 1.24. The number of amides is 1. The number of anilines is 3. The van der Waals surface area contributed by atoms with E-state index >= 15 is 0 Å². The lowest BCUT2D eigenvalue weighted by atomic mass is 10.1. The lowest BCUT2D eigenvalue weighted by Crippen LogP contribution is -2.12. The Labute approximate surface area is 211 Å². The molecule has 1 amide bonds. The molecule has 0 atom stereocenters. The van der Waals surface area contributed by atoms with Gasteiger partial charge in [-0.3, -0.25) is 14.5 Å². The zero-order chi connectivity index (χ0) is 25.2. The van der Waals surface area contributed by atoms with Crippen molar-refractivity contribution in [2.24, 2.45) is 7.05 Å². The van der Waals surface area contributed by atoms with Crippen molar-refractivity contribution in [1.82, 2.24) is 34.3 Å². The number of nitrogens with zero attached hydrogens (tertiary/aromatic N) is 7. The average Bonchev–Trinajstić information content (AvgIpc) is 3.56. The van der Waals surface area contributed by atoms with Crippen LogP contribution in [0.3, 0.4) is 0 Å². The number of nitrogens with one attached hydrogen (secondary N) is 2. The molecule has 0 aliphatic carbocycles. The molecule has 6 aromatic rings. The van der Waals surface area contributed by atoms with Crippen molar-refractivity contribution in [3.8, 4) is 22.6 Å². The molecule has 2 N–H and O–H groups in total. The van der Waals surface area contributed by atoms with Crippen LogP contribution in [-0.4, -0.2) is 40.3 Å². The van der Waals surface area contributed by atoms with Gasteiger partial charge in [-0.05, 0) is 42.5 Å². The molecule has 37 heavy (non-hydrogen) atoms. The Morgan fingerprint density at radius 2 is 1.73 bits per heavy atom. The topological polar surface area (TPSA) is 115 Å². The van der Waals surface area contributed by atoms with E-state index in [0.717, 1.165) is 22.5 Å². The van der Waals surface area contributed by atoms with Crippen LogP contribution in [0, 0.1) is 0 Å². The number of pyridine rings is 1. The van der Waals surface area contributed by atoms with E-state index in [1.54, 1.807) is 41.0 Å². The van der Waals surface area contributed by atoms with Crippen LogP contribution < -0.4 is 10.6 Å². The summed E-state index contributed by atoms with van der Waals surface area (Å²) >= 11 is 0. The highest BCUT2D eigenvalue weighted by atomic mass is 16.1. The lowest BCUT2D eigenvalue weighted by Gasteiger charge is -2.09. The Kier molecular flexibility index (Phi) is 5.58. The van der Waals surface area contributed by atoms with Gasteiger partial charge in [0, 0.05) is 41.9 Å². The number of fused-ring (bicyclic) bond motifs is 1. The zero-order valence-corrected chi connectivity index (χ0v) is 19.8. The molecule has 0 unspecified atom stereocenters. The molecule has 4 heterocycles. The van der Waals surface area contributed by atoms with Gasteiger partial charge in [-0.1, -0.05) is 30.3 Å². The molecule has 0 bridgehead atoms. The molecule has 0 aliphatic heterocycles. The molecule has 0 saturated carbocycles. The standard InChI is InChI=1S/C27H21N9O/c1-35-17-29-25(34-35)19-7-5-9-21(15-19)32-27(37)22-16-30-36-13-11-24(33-26(22)36)31-20-8-4-6-18(14-20)23-10-2-3-12-28-23/h2-17H,1H3,(H,31,33)(H,32,37). The van der Waals surface area contributed by atoms with Gasteiger partial charge in [0.05, 0.1) is 11.9 Å². The van der Waals surface area contributed by atoms with Gasteiger partial charge in [0.2, 0.25) is 0 Å². The highest BCUT2D eigenvalue weighted by Crippen LogP contribution is 2.24. The maximum atomic E-state index is 13.1. The third-order valence-corrected chi connectivity index (χ3v) is 5.69. The third-order valence-electron chi connectivity index (χ3n) is 5.69. The summed E-state index contributed by atoms with van der Waals surface area (Å²) < 4.78 is 3.20. The van der Waals surface area contributed by atoms with E-state index in [4.69, 9.17) is 0 Å². The molecular formula is C27H21N9O. The predicted molar refractivity (Wildman–Crippen MR) is 140 cm³/mol. The molecule has 6 rings (SSSR count). The molecule has 10 heteroatoms. The van der Waals surface area contributed by atoms with E-state index in [2.05, 4.69) is 35.8 Å². The molecule has 0 radical (unpaired) electrons. The summed E-state index contributed by atoms with van der Waals surface area (Å²) in [6.45, 7) is 0. The second-order valence-electron chi connectivity index (χ2n) is 8.34. The molecule has 0 fully saturated rings. The van der Waals surface area contributed by atoms with Crippen LogP contribution in [0.4, 0.5) is 17.2 Å². The fraction of sp³-hybridized carbons (Fsp3) is 0.0370. The smallest absolute Gasteiger partial charge is 0.261 e. The third kappa shape index (κ3) is 4.63. The quantitative estimate of drug-likeness (QED) is 0.353. The summed E-state index contributed by atoms with van der Waals surface area (Å²) in [5.74, 6) is 0.852. The van der Waals surface area contributed by atoms with Crippen molar-refractivity contribution in [3.05, 3.63) is 103 Å². The number of rotatable bonds is 6. The molecular weight excluding hydrogens is 466 g/mol. The van der Waals surface area contributed by atoms with Crippen LogP contribution >= 0.6 is 0 Å². The van der Waals surface area contributed by atoms with Gasteiger partial charge in [-0.2, -0.15) is 10.2 Å². The van der Waals surface area contributed by atoms with E-state index < -0.39 is 0 Å². The van der Waals surface area contributed by atoms with Crippen LogP contribution in [0.1, 0.15) is 10.4 Å². The fourth-order valence-electron chi connectivity index (χ4n) is 3.94. The molecule has 0 spiro atoms. The first-order valence-corrected chi connectivity index (χ1v) is 11.5. The number of aryl methyl sites for hydroxylation is 1. The summed E-state index contributed by atoms with van der Waals surface area (Å²) in [6, 6.07) is 22.9. The van der Waals surface area contributed by atoms with Crippen LogP contribution in [-0.2, 0) is 7.05 Å². The molecule has 0 saturated heterocycles. The second-order valence-corrected chi connectivity index (χ2v) is 8.34. The van der Waals surface area contributed by atoms with E-state index in [-0.39, 0.29) is 5.91 Å². The molecule has 4 aromatic heterocycles. The van der Waals surface area contributed by atoms with Gasteiger partial charge < -0.3 is 10.6 Å². The van der Waals surface area contributed by atoms with Crippen LogP contribution in [0.5, 0.6) is 0 Å². The minimum atomic E-state index is -0.317. The first kappa shape index (κ1) is 22.1.